The van der Waals surface area contributed by atoms with Crippen molar-refractivity contribution in [3.63, 3.8) is 0 Å². The molecule has 0 amide bonds. The third kappa shape index (κ3) is 3.74. The molecule has 0 bridgehead atoms. The van der Waals surface area contributed by atoms with Crippen LogP contribution in [-0.2, 0) is 6.54 Å². The first-order valence-electron chi connectivity index (χ1n) is 6.62. The van der Waals surface area contributed by atoms with Gasteiger partial charge < -0.3 is 0 Å². The fraction of sp³-hybridized carbons (Fsp3) is 0.312. The summed E-state index contributed by atoms with van der Waals surface area (Å²) in [6, 6.07) is 10.4. The Labute approximate surface area is 122 Å². The number of thiophene rings is 1. The van der Waals surface area contributed by atoms with E-state index in [1.165, 1.54) is 10.9 Å². The van der Waals surface area contributed by atoms with Gasteiger partial charge in [-0.15, -0.1) is 11.3 Å². The molecule has 0 atom stereocenters. The summed E-state index contributed by atoms with van der Waals surface area (Å²) in [6.45, 7) is 5.04. The van der Waals surface area contributed by atoms with Crippen molar-refractivity contribution in [3.05, 3.63) is 58.0 Å². The number of carbonyl (C=O) groups is 1. The zero-order valence-corrected chi connectivity index (χ0v) is 12.5. The molecule has 1 aromatic heterocycles. The summed E-state index contributed by atoms with van der Waals surface area (Å²) in [5.74, 6) is -0.620. The maximum Gasteiger partial charge on any atom is 0.179 e. The molecule has 1 heterocycles. The molecule has 0 fully saturated rings. The first kappa shape index (κ1) is 14.9. The van der Waals surface area contributed by atoms with Crippen molar-refractivity contribution in [2.75, 3.05) is 6.54 Å². The fourth-order valence-electron chi connectivity index (χ4n) is 1.98. The van der Waals surface area contributed by atoms with E-state index in [1.54, 1.807) is 29.5 Å². The lowest BCUT2D eigenvalue weighted by Crippen LogP contribution is -2.35. The SMILES string of the molecule is CC(C)N(CC(=O)c1ccccc1F)Cc1cccs1. The highest BCUT2D eigenvalue weighted by Crippen LogP contribution is 2.15. The Kier molecular flexibility index (Phi) is 5.04. The molecule has 4 heteroatoms. The summed E-state index contributed by atoms with van der Waals surface area (Å²) in [7, 11) is 0. The normalized spacial score (nSPS) is 11.2. The summed E-state index contributed by atoms with van der Waals surface area (Å²) >= 11 is 1.67. The second kappa shape index (κ2) is 6.77. The van der Waals surface area contributed by atoms with Crippen molar-refractivity contribution >= 4 is 17.1 Å². The molecule has 20 heavy (non-hydrogen) atoms. The lowest BCUT2D eigenvalue weighted by atomic mass is 10.1. The van der Waals surface area contributed by atoms with Gasteiger partial charge in [-0.1, -0.05) is 18.2 Å². The Hall–Kier alpha value is -1.52. The number of benzene rings is 1. The predicted octanol–water partition coefficient (Wildman–Crippen LogP) is 3.98. The molecule has 0 aliphatic carbocycles. The van der Waals surface area contributed by atoms with E-state index in [2.05, 4.69) is 4.90 Å². The third-order valence-electron chi connectivity index (χ3n) is 3.19. The van der Waals surface area contributed by atoms with Crippen LogP contribution < -0.4 is 0 Å². The van der Waals surface area contributed by atoms with Gasteiger partial charge in [-0.05, 0) is 37.4 Å². The number of rotatable bonds is 6. The van der Waals surface area contributed by atoms with Crippen LogP contribution in [0.2, 0.25) is 0 Å². The van der Waals surface area contributed by atoms with Gasteiger partial charge in [0.05, 0.1) is 12.1 Å². The van der Waals surface area contributed by atoms with E-state index >= 15 is 0 Å². The Bertz CT molecular complexity index is 566. The second-order valence-electron chi connectivity index (χ2n) is 4.98. The van der Waals surface area contributed by atoms with Crippen LogP contribution in [0.3, 0.4) is 0 Å². The van der Waals surface area contributed by atoms with E-state index in [0.717, 1.165) is 6.54 Å². The zero-order chi connectivity index (χ0) is 14.5. The van der Waals surface area contributed by atoms with Crippen molar-refractivity contribution < 1.29 is 9.18 Å². The van der Waals surface area contributed by atoms with E-state index in [9.17, 15) is 9.18 Å². The summed E-state index contributed by atoms with van der Waals surface area (Å²) in [5.41, 5.74) is 0.171. The lowest BCUT2D eigenvalue weighted by molar-refractivity contribution is 0.0895. The topological polar surface area (TPSA) is 20.3 Å². The highest BCUT2D eigenvalue weighted by atomic mass is 32.1. The van der Waals surface area contributed by atoms with Crippen LogP contribution in [0.1, 0.15) is 29.1 Å². The van der Waals surface area contributed by atoms with Gasteiger partial charge in [-0.2, -0.15) is 0 Å². The molecule has 0 aliphatic heterocycles. The van der Waals surface area contributed by atoms with Crippen LogP contribution >= 0.6 is 11.3 Å². The third-order valence-corrected chi connectivity index (χ3v) is 4.05. The number of Topliss-reactive ketones (excluding diaryl/α,β-unsaturated/α-hetero) is 1. The predicted molar refractivity (Wildman–Crippen MR) is 80.6 cm³/mol. The van der Waals surface area contributed by atoms with Crippen LogP contribution in [0.5, 0.6) is 0 Å². The molecule has 1 aromatic carbocycles. The largest absolute Gasteiger partial charge is 0.293 e. The van der Waals surface area contributed by atoms with E-state index in [1.807, 2.05) is 31.4 Å². The number of hydrogen-bond acceptors (Lipinski definition) is 3. The van der Waals surface area contributed by atoms with Crippen molar-refractivity contribution in [2.24, 2.45) is 0 Å². The minimum atomic E-state index is -0.447. The molecular formula is C16H18FNOS. The van der Waals surface area contributed by atoms with E-state index < -0.39 is 5.82 Å². The van der Waals surface area contributed by atoms with Gasteiger partial charge in [-0.25, -0.2) is 4.39 Å². The molecule has 0 spiro atoms. The molecule has 0 radical (unpaired) electrons. The quantitative estimate of drug-likeness (QED) is 0.750. The highest BCUT2D eigenvalue weighted by molar-refractivity contribution is 7.09. The first-order valence-corrected chi connectivity index (χ1v) is 7.50. The molecular weight excluding hydrogens is 273 g/mol. The molecule has 2 aromatic rings. The molecule has 0 saturated heterocycles. The smallest absolute Gasteiger partial charge is 0.179 e. The van der Waals surface area contributed by atoms with Gasteiger partial charge in [0.1, 0.15) is 5.82 Å². The van der Waals surface area contributed by atoms with Crippen molar-refractivity contribution in [2.45, 2.75) is 26.4 Å². The maximum atomic E-state index is 13.6. The van der Waals surface area contributed by atoms with Crippen LogP contribution in [-0.4, -0.2) is 23.3 Å². The maximum absolute atomic E-state index is 13.6. The number of carbonyl (C=O) groups excluding carboxylic acids is 1. The second-order valence-corrected chi connectivity index (χ2v) is 6.01. The van der Waals surface area contributed by atoms with E-state index in [0.29, 0.717) is 0 Å². The number of halogens is 1. The van der Waals surface area contributed by atoms with Crippen LogP contribution in [0.25, 0.3) is 0 Å². The standard InChI is InChI=1S/C16H18FNOS/c1-12(2)18(10-13-6-5-9-20-13)11-16(19)14-7-3-4-8-15(14)17/h3-9,12H,10-11H2,1-2H3. The highest BCUT2D eigenvalue weighted by Gasteiger charge is 2.18. The summed E-state index contributed by atoms with van der Waals surface area (Å²) in [5, 5.41) is 2.02. The van der Waals surface area contributed by atoms with Gasteiger partial charge in [0.15, 0.2) is 5.78 Å². The zero-order valence-electron chi connectivity index (χ0n) is 11.7. The minimum absolute atomic E-state index is 0.171. The summed E-state index contributed by atoms with van der Waals surface area (Å²) < 4.78 is 13.6. The van der Waals surface area contributed by atoms with Crippen molar-refractivity contribution in [1.29, 1.82) is 0 Å². The van der Waals surface area contributed by atoms with Gasteiger partial charge in [0.25, 0.3) is 0 Å². The average Bonchev–Trinajstić information content (AvgIpc) is 2.91. The molecule has 0 unspecified atom stereocenters. The molecule has 0 N–H and O–H groups in total. The van der Waals surface area contributed by atoms with Crippen LogP contribution in [0.15, 0.2) is 41.8 Å². The van der Waals surface area contributed by atoms with E-state index in [-0.39, 0.29) is 23.9 Å². The molecule has 2 nitrogen and oxygen atoms in total. The first-order chi connectivity index (χ1) is 9.58. The van der Waals surface area contributed by atoms with Crippen LogP contribution in [0, 0.1) is 5.82 Å². The minimum Gasteiger partial charge on any atom is -0.293 e. The molecule has 0 saturated carbocycles. The van der Waals surface area contributed by atoms with E-state index in [4.69, 9.17) is 0 Å². The molecule has 2 rings (SSSR count). The fourth-order valence-corrected chi connectivity index (χ4v) is 2.71. The summed E-state index contributed by atoms with van der Waals surface area (Å²) in [6.07, 6.45) is 0. The van der Waals surface area contributed by atoms with Crippen molar-refractivity contribution in [1.82, 2.24) is 4.90 Å². The lowest BCUT2D eigenvalue weighted by Gasteiger charge is -2.25. The number of ketones is 1. The van der Waals surface area contributed by atoms with Gasteiger partial charge >= 0.3 is 0 Å². The summed E-state index contributed by atoms with van der Waals surface area (Å²) in [4.78, 5) is 15.5. The monoisotopic (exact) mass is 291 g/mol. The van der Waals surface area contributed by atoms with Crippen LogP contribution in [0.4, 0.5) is 4.39 Å². The van der Waals surface area contributed by atoms with Gasteiger partial charge in [0, 0.05) is 17.5 Å². The number of nitrogens with zero attached hydrogens (tertiary/aromatic N) is 1. The Balaban J connectivity index is 2.08. The Morgan fingerprint density at radius 2 is 2.00 bits per heavy atom. The Morgan fingerprint density at radius 3 is 2.60 bits per heavy atom. The molecule has 0 aliphatic rings. The molecule has 106 valence electrons. The Morgan fingerprint density at radius 1 is 1.25 bits per heavy atom. The average molecular weight is 291 g/mol. The van der Waals surface area contributed by atoms with Gasteiger partial charge in [-0.3, -0.25) is 9.69 Å². The van der Waals surface area contributed by atoms with Crippen molar-refractivity contribution in [3.8, 4) is 0 Å². The van der Waals surface area contributed by atoms with Gasteiger partial charge in [0.2, 0.25) is 0 Å². The number of hydrogen-bond donors (Lipinski definition) is 0.